The first kappa shape index (κ1) is 11.4. The van der Waals surface area contributed by atoms with Crippen molar-refractivity contribution in [1.82, 2.24) is 9.94 Å². The van der Waals surface area contributed by atoms with Crippen molar-refractivity contribution in [2.75, 3.05) is 11.5 Å². The maximum atomic E-state index is 5.94. The molecule has 0 amide bonds. The summed E-state index contributed by atoms with van der Waals surface area (Å²) in [4.78, 5) is 7.08. The lowest BCUT2D eigenvalue weighted by atomic mass is 10.2. The van der Waals surface area contributed by atoms with Gasteiger partial charge in [-0.25, -0.2) is 0 Å². The average Bonchev–Trinajstić information content (AvgIpc) is 2.87. The van der Waals surface area contributed by atoms with E-state index in [0.717, 1.165) is 10.9 Å². The highest BCUT2D eigenvalue weighted by molar-refractivity contribution is 5.97. The van der Waals surface area contributed by atoms with Crippen molar-refractivity contribution in [1.29, 1.82) is 0 Å². The Bertz CT molecular complexity index is 706. The molecule has 0 atom stereocenters. The molecule has 5 nitrogen and oxygen atoms in total. The number of benzene rings is 2. The van der Waals surface area contributed by atoms with Gasteiger partial charge in [0.2, 0.25) is 0 Å². The molecule has 0 saturated carbocycles. The van der Waals surface area contributed by atoms with E-state index in [2.05, 4.69) is 5.10 Å². The van der Waals surface area contributed by atoms with Crippen LogP contribution in [0.1, 0.15) is 5.56 Å². The van der Waals surface area contributed by atoms with E-state index in [1.54, 1.807) is 18.3 Å². The van der Waals surface area contributed by atoms with Crippen LogP contribution in [0.4, 0.5) is 11.4 Å². The summed E-state index contributed by atoms with van der Waals surface area (Å²) in [5, 5.41) is 4.97. The number of anilines is 2. The highest BCUT2D eigenvalue weighted by Gasteiger charge is 2.09. The molecular weight excluding hydrogens is 240 g/mol. The minimum atomic E-state index is 0.422. The minimum absolute atomic E-state index is 0.422. The predicted molar refractivity (Wildman–Crippen MR) is 75.3 cm³/mol. The van der Waals surface area contributed by atoms with Gasteiger partial charge in [0.1, 0.15) is 12.1 Å². The molecule has 0 saturated heterocycles. The molecule has 3 aromatic rings. The molecule has 2 aromatic carbocycles. The largest absolute Gasteiger partial charge is 0.398 e. The molecule has 0 aliphatic rings. The van der Waals surface area contributed by atoms with Gasteiger partial charge in [-0.05, 0) is 17.7 Å². The SMILES string of the molecule is Nc1ccc(N)c2c1cnn2OCc1ccccc1. The van der Waals surface area contributed by atoms with Crippen LogP contribution in [0, 0.1) is 0 Å². The van der Waals surface area contributed by atoms with Crippen LogP contribution in [0.15, 0.2) is 48.7 Å². The van der Waals surface area contributed by atoms with Gasteiger partial charge < -0.3 is 16.3 Å². The third-order valence-corrected chi connectivity index (χ3v) is 2.96. The summed E-state index contributed by atoms with van der Waals surface area (Å²) < 4.78 is 0. The quantitative estimate of drug-likeness (QED) is 0.699. The Hall–Kier alpha value is -2.69. The third-order valence-electron chi connectivity index (χ3n) is 2.96. The zero-order valence-corrected chi connectivity index (χ0v) is 10.3. The number of hydrogen-bond acceptors (Lipinski definition) is 4. The lowest BCUT2D eigenvalue weighted by Crippen LogP contribution is -2.13. The molecule has 1 heterocycles. The Balaban J connectivity index is 1.92. The maximum Gasteiger partial charge on any atom is 0.142 e. The average molecular weight is 254 g/mol. The van der Waals surface area contributed by atoms with Crippen LogP contribution in [0.25, 0.3) is 10.9 Å². The molecule has 3 rings (SSSR count). The summed E-state index contributed by atoms with van der Waals surface area (Å²) in [5.41, 5.74) is 14.8. The molecular formula is C14H14N4O. The Morgan fingerprint density at radius 3 is 2.53 bits per heavy atom. The molecule has 1 aromatic heterocycles. The lowest BCUT2D eigenvalue weighted by Gasteiger charge is -2.08. The van der Waals surface area contributed by atoms with E-state index in [0.29, 0.717) is 23.5 Å². The minimum Gasteiger partial charge on any atom is -0.398 e. The molecule has 0 aliphatic carbocycles. The number of fused-ring (bicyclic) bond motifs is 1. The van der Waals surface area contributed by atoms with Crippen LogP contribution in [0.5, 0.6) is 0 Å². The van der Waals surface area contributed by atoms with Crippen molar-refractivity contribution >= 4 is 22.3 Å². The van der Waals surface area contributed by atoms with E-state index in [9.17, 15) is 0 Å². The summed E-state index contributed by atoms with van der Waals surface area (Å²) >= 11 is 0. The van der Waals surface area contributed by atoms with Crippen molar-refractivity contribution in [3.63, 3.8) is 0 Å². The van der Waals surface area contributed by atoms with Crippen LogP contribution in [-0.4, -0.2) is 9.94 Å². The maximum absolute atomic E-state index is 5.94. The number of nitrogens with two attached hydrogens (primary N) is 2. The van der Waals surface area contributed by atoms with Crippen molar-refractivity contribution in [3.8, 4) is 0 Å². The van der Waals surface area contributed by atoms with Gasteiger partial charge in [-0.3, -0.25) is 0 Å². The van der Waals surface area contributed by atoms with Crippen molar-refractivity contribution in [3.05, 3.63) is 54.2 Å². The number of hydrogen-bond donors (Lipinski definition) is 2. The fraction of sp³-hybridized carbons (Fsp3) is 0.0714. The van der Waals surface area contributed by atoms with Crippen molar-refractivity contribution < 1.29 is 4.84 Å². The first-order valence-electron chi connectivity index (χ1n) is 5.94. The molecule has 96 valence electrons. The van der Waals surface area contributed by atoms with Crippen molar-refractivity contribution in [2.24, 2.45) is 0 Å². The second-order valence-electron chi connectivity index (χ2n) is 4.28. The Morgan fingerprint density at radius 1 is 1.00 bits per heavy atom. The molecule has 0 fully saturated rings. The predicted octanol–water partition coefficient (Wildman–Crippen LogP) is 1.83. The van der Waals surface area contributed by atoms with Crippen molar-refractivity contribution in [2.45, 2.75) is 6.61 Å². The summed E-state index contributed by atoms with van der Waals surface area (Å²) in [6.45, 7) is 0.422. The normalized spacial score (nSPS) is 10.7. The molecule has 0 radical (unpaired) electrons. The molecule has 0 aliphatic heterocycles. The highest BCUT2D eigenvalue weighted by atomic mass is 16.7. The molecule has 0 spiro atoms. The molecule has 19 heavy (non-hydrogen) atoms. The summed E-state index contributed by atoms with van der Waals surface area (Å²) in [6.07, 6.45) is 1.66. The number of nitrogens with zero attached hydrogens (tertiary/aromatic N) is 2. The topological polar surface area (TPSA) is 79.1 Å². The fourth-order valence-electron chi connectivity index (χ4n) is 1.97. The highest BCUT2D eigenvalue weighted by Crippen LogP contribution is 2.25. The first-order chi connectivity index (χ1) is 9.25. The number of aromatic nitrogens is 2. The smallest absolute Gasteiger partial charge is 0.142 e. The van der Waals surface area contributed by atoms with Gasteiger partial charge in [0, 0.05) is 11.1 Å². The monoisotopic (exact) mass is 254 g/mol. The van der Waals surface area contributed by atoms with Gasteiger partial charge >= 0.3 is 0 Å². The Kier molecular flexibility index (Phi) is 2.72. The van der Waals surface area contributed by atoms with Crippen LogP contribution >= 0.6 is 0 Å². The van der Waals surface area contributed by atoms with Crippen LogP contribution in [-0.2, 0) is 6.61 Å². The molecule has 0 bridgehead atoms. The van der Waals surface area contributed by atoms with E-state index >= 15 is 0 Å². The number of rotatable bonds is 3. The Labute approximate surface area is 110 Å². The van der Waals surface area contributed by atoms with Gasteiger partial charge in [0.05, 0.1) is 11.9 Å². The second kappa shape index (κ2) is 4.53. The van der Waals surface area contributed by atoms with E-state index in [4.69, 9.17) is 16.3 Å². The fourth-order valence-corrected chi connectivity index (χ4v) is 1.97. The van der Waals surface area contributed by atoms with E-state index in [1.807, 2.05) is 30.3 Å². The number of nitrogen functional groups attached to an aromatic ring is 2. The first-order valence-corrected chi connectivity index (χ1v) is 5.94. The Morgan fingerprint density at radius 2 is 1.74 bits per heavy atom. The summed E-state index contributed by atoms with van der Waals surface area (Å²) in [7, 11) is 0. The van der Waals surface area contributed by atoms with Gasteiger partial charge in [-0.1, -0.05) is 35.2 Å². The third kappa shape index (κ3) is 2.06. The second-order valence-corrected chi connectivity index (χ2v) is 4.28. The van der Waals surface area contributed by atoms with Gasteiger partial charge in [-0.2, -0.15) is 0 Å². The summed E-state index contributed by atoms with van der Waals surface area (Å²) in [5.74, 6) is 0. The molecule has 4 N–H and O–H groups in total. The lowest BCUT2D eigenvalue weighted by molar-refractivity contribution is 0.0797. The van der Waals surface area contributed by atoms with Crippen LogP contribution in [0.2, 0.25) is 0 Å². The molecule has 5 heteroatoms. The van der Waals surface area contributed by atoms with E-state index in [1.165, 1.54) is 4.85 Å². The van der Waals surface area contributed by atoms with Crippen LogP contribution in [0.3, 0.4) is 0 Å². The van der Waals surface area contributed by atoms with Gasteiger partial charge in [-0.15, -0.1) is 5.10 Å². The van der Waals surface area contributed by atoms with Crippen LogP contribution < -0.4 is 16.3 Å². The summed E-state index contributed by atoms with van der Waals surface area (Å²) in [6, 6.07) is 13.4. The van der Waals surface area contributed by atoms with E-state index < -0.39 is 0 Å². The zero-order chi connectivity index (χ0) is 13.2. The van der Waals surface area contributed by atoms with Gasteiger partial charge in [0.15, 0.2) is 0 Å². The van der Waals surface area contributed by atoms with Gasteiger partial charge in [0.25, 0.3) is 0 Å². The molecule has 0 unspecified atom stereocenters. The zero-order valence-electron chi connectivity index (χ0n) is 10.3. The standard InChI is InChI=1S/C14H14N4O/c15-12-6-7-13(16)14-11(12)8-17-18(14)19-9-10-4-2-1-3-5-10/h1-8H,9,15-16H2. The van der Waals surface area contributed by atoms with E-state index in [-0.39, 0.29) is 0 Å².